The maximum Gasteiger partial charge on any atom is 0.256 e. The van der Waals surface area contributed by atoms with Gasteiger partial charge in [0.1, 0.15) is 0 Å². The average Bonchev–Trinajstić information content (AvgIpc) is 2.74. The summed E-state index contributed by atoms with van der Waals surface area (Å²) in [4.78, 5) is 18.3. The van der Waals surface area contributed by atoms with E-state index in [2.05, 4.69) is 4.98 Å². The highest BCUT2D eigenvalue weighted by Crippen LogP contribution is 2.17. The van der Waals surface area contributed by atoms with Crippen LogP contribution in [0.25, 0.3) is 0 Å². The first kappa shape index (κ1) is 13.5. The number of anilines is 1. The number of nitrogen functional groups attached to an aromatic ring is 1. The number of nitrogens with two attached hydrogens (primary N) is 1. The molecule has 2 rings (SSSR count). The second kappa shape index (κ2) is 5.40. The lowest BCUT2D eigenvalue weighted by atomic mass is 10.1. The molecule has 0 aliphatic rings. The lowest BCUT2D eigenvalue weighted by Crippen LogP contribution is -2.27. The van der Waals surface area contributed by atoms with Gasteiger partial charge in [0.15, 0.2) is 0 Å². The smallest absolute Gasteiger partial charge is 0.256 e. The molecule has 1 aromatic carbocycles. The Hall–Kier alpha value is -1.88. The minimum absolute atomic E-state index is 0.0804. The molecule has 5 heteroatoms. The van der Waals surface area contributed by atoms with E-state index in [1.54, 1.807) is 29.4 Å². The van der Waals surface area contributed by atoms with Crippen molar-refractivity contribution in [2.75, 3.05) is 12.8 Å². The Balaban J connectivity index is 2.14. The van der Waals surface area contributed by atoms with Crippen molar-refractivity contribution in [3.8, 4) is 0 Å². The van der Waals surface area contributed by atoms with E-state index in [0.717, 1.165) is 16.3 Å². The highest BCUT2D eigenvalue weighted by Gasteiger charge is 2.15. The summed E-state index contributed by atoms with van der Waals surface area (Å²) in [6.45, 7) is 4.40. The van der Waals surface area contributed by atoms with Gasteiger partial charge in [0.05, 0.1) is 22.8 Å². The Morgan fingerprint density at radius 2 is 2.16 bits per heavy atom. The maximum atomic E-state index is 12.3. The Bertz CT molecular complexity index is 606. The van der Waals surface area contributed by atoms with E-state index in [4.69, 9.17) is 5.73 Å². The summed E-state index contributed by atoms with van der Waals surface area (Å²) in [6, 6.07) is 5.48. The number of aryl methyl sites for hydroxylation is 2. The number of benzene rings is 1. The normalized spacial score (nSPS) is 10.5. The first-order valence-electron chi connectivity index (χ1n) is 6.00. The Labute approximate surface area is 116 Å². The van der Waals surface area contributed by atoms with E-state index in [1.165, 1.54) is 0 Å². The number of aromatic nitrogens is 1. The van der Waals surface area contributed by atoms with E-state index < -0.39 is 0 Å². The van der Waals surface area contributed by atoms with Crippen molar-refractivity contribution in [2.24, 2.45) is 0 Å². The molecule has 4 nitrogen and oxygen atoms in total. The molecule has 0 aliphatic heterocycles. The zero-order chi connectivity index (χ0) is 14.0. The predicted octanol–water partition coefficient (Wildman–Crippen LogP) is 2.61. The number of amides is 1. The fourth-order valence-electron chi connectivity index (χ4n) is 1.88. The van der Waals surface area contributed by atoms with Gasteiger partial charge >= 0.3 is 0 Å². The molecule has 0 saturated heterocycles. The van der Waals surface area contributed by atoms with Gasteiger partial charge in [-0.1, -0.05) is 6.07 Å². The molecule has 0 saturated carbocycles. The summed E-state index contributed by atoms with van der Waals surface area (Å²) in [7, 11) is 1.76. The van der Waals surface area contributed by atoms with Crippen molar-refractivity contribution in [1.82, 2.24) is 9.88 Å². The number of hydrogen-bond acceptors (Lipinski definition) is 4. The van der Waals surface area contributed by atoms with Crippen LogP contribution in [0.3, 0.4) is 0 Å². The summed E-state index contributed by atoms with van der Waals surface area (Å²) >= 11 is 1.59. The summed E-state index contributed by atoms with van der Waals surface area (Å²) < 4.78 is 0. The van der Waals surface area contributed by atoms with Crippen LogP contribution in [0.4, 0.5) is 5.69 Å². The Morgan fingerprint density at radius 3 is 2.74 bits per heavy atom. The van der Waals surface area contributed by atoms with E-state index >= 15 is 0 Å². The van der Waals surface area contributed by atoms with E-state index in [9.17, 15) is 4.79 Å². The van der Waals surface area contributed by atoms with Gasteiger partial charge in [-0.15, -0.1) is 11.3 Å². The highest BCUT2D eigenvalue weighted by atomic mass is 32.1. The Kier molecular flexibility index (Phi) is 3.85. The number of thiazole rings is 1. The second-order valence-electron chi connectivity index (χ2n) is 4.61. The van der Waals surface area contributed by atoms with Crippen molar-refractivity contribution in [2.45, 2.75) is 20.4 Å². The van der Waals surface area contributed by atoms with Crippen LogP contribution in [0.1, 0.15) is 26.6 Å². The van der Waals surface area contributed by atoms with Gasteiger partial charge < -0.3 is 10.6 Å². The quantitative estimate of drug-likeness (QED) is 0.876. The van der Waals surface area contributed by atoms with Crippen molar-refractivity contribution in [3.05, 3.63) is 45.4 Å². The molecule has 19 heavy (non-hydrogen) atoms. The minimum atomic E-state index is -0.0804. The molecule has 2 N–H and O–H groups in total. The zero-order valence-corrected chi connectivity index (χ0v) is 12.1. The van der Waals surface area contributed by atoms with Gasteiger partial charge in [-0.05, 0) is 31.5 Å². The number of rotatable bonds is 3. The third kappa shape index (κ3) is 3.12. The van der Waals surface area contributed by atoms with Crippen LogP contribution in [-0.2, 0) is 6.54 Å². The first-order valence-corrected chi connectivity index (χ1v) is 6.88. The number of carbonyl (C=O) groups excluding carboxylic acids is 1. The molecule has 1 heterocycles. The van der Waals surface area contributed by atoms with Crippen LogP contribution in [0.2, 0.25) is 0 Å². The van der Waals surface area contributed by atoms with Gasteiger partial charge in [-0.25, -0.2) is 4.98 Å². The lowest BCUT2D eigenvalue weighted by molar-refractivity contribution is 0.0784. The summed E-state index contributed by atoms with van der Waals surface area (Å²) in [5.41, 5.74) is 8.91. The summed E-state index contributed by atoms with van der Waals surface area (Å²) in [5.74, 6) is -0.0804. The van der Waals surface area contributed by atoms with Crippen molar-refractivity contribution in [1.29, 1.82) is 0 Å². The largest absolute Gasteiger partial charge is 0.398 e. The first-order chi connectivity index (χ1) is 8.97. The average molecular weight is 275 g/mol. The maximum absolute atomic E-state index is 12.3. The molecule has 2 aromatic rings. The zero-order valence-electron chi connectivity index (χ0n) is 11.3. The number of nitrogens with zero attached hydrogens (tertiary/aromatic N) is 2. The molecule has 0 atom stereocenters. The second-order valence-corrected chi connectivity index (χ2v) is 5.67. The molecule has 100 valence electrons. The standard InChI is InChI=1S/C14H17N3OS/c1-9-4-5-12(13(15)6-9)14(18)17(3)7-11-8-19-10(2)16-11/h4-6,8H,7,15H2,1-3H3. The third-order valence-corrected chi connectivity index (χ3v) is 3.67. The van der Waals surface area contributed by atoms with Crippen LogP contribution in [-0.4, -0.2) is 22.8 Å². The Morgan fingerprint density at radius 1 is 1.42 bits per heavy atom. The lowest BCUT2D eigenvalue weighted by Gasteiger charge is -2.17. The molecule has 0 fully saturated rings. The predicted molar refractivity (Wildman–Crippen MR) is 78.2 cm³/mol. The molecule has 1 amide bonds. The minimum Gasteiger partial charge on any atom is -0.398 e. The van der Waals surface area contributed by atoms with Crippen LogP contribution in [0.15, 0.2) is 23.6 Å². The van der Waals surface area contributed by atoms with Crippen LogP contribution < -0.4 is 5.73 Å². The van der Waals surface area contributed by atoms with Crippen molar-refractivity contribution < 1.29 is 4.79 Å². The molecule has 0 aliphatic carbocycles. The van der Waals surface area contributed by atoms with Gasteiger partial charge in [0.25, 0.3) is 5.91 Å². The van der Waals surface area contributed by atoms with E-state index in [-0.39, 0.29) is 5.91 Å². The fourth-order valence-corrected chi connectivity index (χ4v) is 2.48. The van der Waals surface area contributed by atoms with Gasteiger partial charge in [0.2, 0.25) is 0 Å². The number of carbonyl (C=O) groups is 1. The summed E-state index contributed by atoms with van der Waals surface area (Å²) in [5, 5.41) is 2.98. The van der Waals surface area contributed by atoms with Crippen LogP contribution in [0.5, 0.6) is 0 Å². The monoisotopic (exact) mass is 275 g/mol. The molecular formula is C14H17N3OS. The molecule has 1 aromatic heterocycles. The molecule has 0 bridgehead atoms. The molecule has 0 spiro atoms. The molecule has 0 radical (unpaired) electrons. The van der Waals surface area contributed by atoms with E-state index in [0.29, 0.717) is 17.8 Å². The van der Waals surface area contributed by atoms with Gasteiger partial charge in [-0.3, -0.25) is 4.79 Å². The fraction of sp³-hybridized carbons (Fsp3) is 0.286. The molecular weight excluding hydrogens is 258 g/mol. The van der Waals surface area contributed by atoms with Crippen molar-refractivity contribution in [3.63, 3.8) is 0 Å². The SMILES string of the molecule is Cc1ccc(C(=O)N(C)Cc2csc(C)n2)c(N)c1. The third-order valence-electron chi connectivity index (χ3n) is 2.85. The highest BCUT2D eigenvalue weighted by molar-refractivity contribution is 7.09. The molecule has 0 unspecified atom stereocenters. The van der Waals surface area contributed by atoms with Gasteiger partial charge in [-0.2, -0.15) is 0 Å². The van der Waals surface area contributed by atoms with Crippen LogP contribution in [0, 0.1) is 13.8 Å². The summed E-state index contributed by atoms with van der Waals surface area (Å²) in [6.07, 6.45) is 0. The van der Waals surface area contributed by atoms with Crippen molar-refractivity contribution >= 4 is 22.9 Å². The van der Waals surface area contributed by atoms with Crippen LogP contribution >= 0.6 is 11.3 Å². The van der Waals surface area contributed by atoms with E-state index in [1.807, 2.05) is 31.4 Å². The number of hydrogen-bond donors (Lipinski definition) is 1. The van der Waals surface area contributed by atoms with Gasteiger partial charge in [0, 0.05) is 18.1 Å². The topological polar surface area (TPSA) is 59.2 Å².